The Morgan fingerprint density at radius 2 is 1.81 bits per heavy atom. The molecule has 0 unspecified atom stereocenters. The van der Waals surface area contributed by atoms with Crippen molar-refractivity contribution in [1.82, 2.24) is 4.98 Å². The van der Waals surface area contributed by atoms with Crippen LogP contribution in [0.25, 0.3) is 11.1 Å². The Kier molecular flexibility index (Phi) is 4.48. The van der Waals surface area contributed by atoms with Crippen LogP contribution < -0.4 is 0 Å². The lowest BCUT2D eigenvalue weighted by molar-refractivity contribution is 0.322. The van der Waals surface area contributed by atoms with Crippen LogP contribution in [0.15, 0.2) is 53.9 Å². The standard InChI is InChI=1S/C12H10N2O.ClH/c15-14-9-10-2-1-3-12(8-10)11-4-6-13-7-5-11;/h1-9,15H;1H/b14-9+;. The van der Waals surface area contributed by atoms with Crippen molar-refractivity contribution in [1.29, 1.82) is 0 Å². The number of hydrogen-bond donors (Lipinski definition) is 1. The molecule has 0 aliphatic heterocycles. The van der Waals surface area contributed by atoms with Crippen LogP contribution in [0.5, 0.6) is 0 Å². The summed E-state index contributed by atoms with van der Waals surface area (Å²) in [5.41, 5.74) is 3.04. The van der Waals surface area contributed by atoms with E-state index in [0.29, 0.717) is 0 Å². The second-order valence-electron chi connectivity index (χ2n) is 3.11. The lowest BCUT2D eigenvalue weighted by Crippen LogP contribution is -1.83. The zero-order valence-electron chi connectivity index (χ0n) is 8.45. The maximum atomic E-state index is 8.44. The molecule has 0 saturated heterocycles. The molecule has 1 N–H and O–H groups in total. The number of pyridine rings is 1. The lowest BCUT2D eigenvalue weighted by Gasteiger charge is -2.01. The molecule has 0 spiro atoms. The van der Waals surface area contributed by atoms with Crippen molar-refractivity contribution in [3.63, 3.8) is 0 Å². The average Bonchev–Trinajstić information content (AvgIpc) is 2.31. The van der Waals surface area contributed by atoms with Gasteiger partial charge in [-0.2, -0.15) is 0 Å². The van der Waals surface area contributed by atoms with Crippen LogP contribution in [0.1, 0.15) is 5.56 Å². The van der Waals surface area contributed by atoms with Crippen LogP contribution in [-0.2, 0) is 0 Å². The average molecular weight is 235 g/mol. The molecule has 3 nitrogen and oxygen atoms in total. The first kappa shape index (κ1) is 12.2. The van der Waals surface area contributed by atoms with E-state index >= 15 is 0 Å². The van der Waals surface area contributed by atoms with Crippen molar-refractivity contribution in [3.8, 4) is 11.1 Å². The van der Waals surface area contributed by atoms with Gasteiger partial charge in [-0.05, 0) is 34.9 Å². The van der Waals surface area contributed by atoms with Crippen LogP contribution in [0.3, 0.4) is 0 Å². The molecule has 1 heterocycles. The summed E-state index contributed by atoms with van der Waals surface area (Å²) >= 11 is 0. The van der Waals surface area contributed by atoms with Crippen LogP contribution in [0.4, 0.5) is 0 Å². The largest absolute Gasteiger partial charge is 0.411 e. The highest BCUT2D eigenvalue weighted by Crippen LogP contribution is 2.18. The minimum atomic E-state index is 0. The van der Waals surface area contributed by atoms with Gasteiger partial charge in [0.05, 0.1) is 6.21 Å². The van der Waals surface area contributed by atoms with Gasteiger partial charge in [0.2, 0.25) is 0 Å². The van der Waals surface area contributed by atoms with E-state index in [-0.39, 0.29) is 12.4 Å². The number of nitrogens with zero attached hydrogens (tertiary/aromatic N) is 2. The molecule has 82 valence electrons. The summed E-state index contributed by atoms with van der Waals surface area (Å²) in [5, 5.41) is 11.4. The van der Waals surface area contributed by atoms with Gasteiger partial charge in [0.25, 0.3) is 0 Å². The van der Waals surface area contributed by atoms with Gasteiger partial charge >= 0.3 is 0 Å². The SMILES string of the molecule is Cl.O/N=C/c1cccc(-c2ccncc2)c1. The first-order chi connectivity index (χ1) is 7.40. The maximum Gasteiger partial charge on any atom is 0.0734 e. The first-order valence-electron chi connectivity index (χ1n) is 4.58. The molecular formula is C12H11ClN2O. The summed E-state index contributed by atoms with van der Waals surface area (Å²) in [6, 6.07) is 11.6. The van der Waals surface area contributed by atoms with E-state index in [0.717, 1.165) is 16.7 Å². The second kappa shape index (κ2) is 5.88. The molecule has 2 rings (SSSR count). The zero-order chi connectivity index (χ0) is 10.5. The van der Waals surface area contributed by atoms with E-state index in [1.807, 2.05) is 36.4 Å². The van der Waals surface area contributed by atoms with Crippen LogP contribution in [0, 0.1) is 0 Å². The van der Waals surface area contributed by atoms with Gasteiger partial charge in [-0.1, -0.05) is 23.4 Å². The van der Waals surface area contributed by atoms with Crippen molar-refractivity contribution in [3.05, 3.63) is 54.4 Å². The number of hydrogen-bond acceptors (Lipinski definition) is 3. The molecule has 16 heavy (non-hydrogen) atoms. The third-order valence-electron chi connectivity index (χ3n) is 2.11. The third kappa shape index (κ3) is 2.81. The summed E-state index contributed by atoms with van der Waals surface area (Å²) in [5.74, 6) is 0. The smallest absolute Gasteiger partial charge is 0.0734 e. The number of halogens is 1. The highest BCUT2D eigenvalue weighted by Gasteiger charge is 1.96. The van der Waals surface area contributed by atoms with Gasteiger partial charge in [-0.25, -0.2) is 0 Å². The predicted molar refractivity (Wildman–Crippen MR) is 66.3 cm³/mol. The topological polar surface area (TPSA) is 45.5 Å². The monoisotopic (exact) mass is 234 g/mol. The van der Waals surface area contributed by atoms with E-state index in [9.17, 15) is 0 Å². The number of rotatable bonds is 2. The number of oxime groups is 1. The van der Waals surface area contributed by atoms with E-state index in [4.69, 9.17) is 5.21 Å². The van der Waals surface area contributed by atoms with Gasteiger partial charge in [-0.3, -0.25) is 4.98 Å². The van der Waals surface area contributed by atoms with Crippen LogP contribution in [-0.4, -0.2) is 16.4 Å². The highest BCUT2D eigenvalue weighted by atomic mass is 35.5. The fourth-order valence-corrected chi connectivity index (χ4v) is 1.41. The quantitative estimate of drug-likeness (QED) is 0.493. The van der Waals surface area contributed by atoms with Gasteiger partial charge in [0.15, 0.2) is 0 Å². The number of aromatic nitrogens is 1. The molecule has 0 radical (unpaired) electrons. The van der Waals surface area contributed by atoms with Crippen LogP contribution >= 0.6 is 12.4 Å². The molecule has 0 amide bonds. The molecule has 0 saturated carbocycles. The number of benzene rings is 1. The Morgan fingerprint density at radius 1 is 1.06 bits per heavy atom. The second-order valence-corrected chi connectivity index (χ2v) is 3.11. The summed E-state index contributed by atoms with van der Waals surface area (Å²) in [6.07, 6.45) is 4.91. The normalized spacial score (nSPS) is 10.0. The molecule has 0 atom stereocenters. The minimum absolute atomic E-state index is 0. The van der Waals surface area contributed by atoms with Crippen molar-refractivity contribution in [2.24, 2.45) is 5.16 Å². The summed E-state index contributed by atoms with van der Waals surface area (Å²) in [7, 11) is 0. The van der Waals surface area contributed by atoms with E-state index in [1.54, 1.807) is 12.4 Å². The van der Waals surface area contributed by atoms with Gasteiger partial charge in [0, 0.05) is 12.4 Å². The molecule has 1 aromatic carbocycles. The fourth-order valence-electron chi connectivity index (χ4n) is 1.41. The van der Waals surface area contributed by atoms with Crippen LogP contribution in [0.2, 0.25) is 0 Å². The highest BCUT2D eigenvalue weighted by molar-refractivity contribution is 5.85. The molecular weight excluding hydrogens is 224 g/mol. The van der Waals surface area contributed by atoms with E-state index < -0.39 is 0 Å². The Hall–Kier alpha value is -1.87. The summed E-state index contributed by atoms with van der Waals surface area (Å²) < 4.78 is 0. The minimum Gasteiger partial charge on any atom is -0.411 e. The molecule has 2 aromatic rings. The molecule has 0 aliphatic rings. The Labute approximate surface area is 99.9 Å². The Morgan fingerprint density at radius 3 is 2.50 bits per heavy atom. The third-order valence-corrected chi connectivity index (χ3v) is 2.11. The predicted octanol–water partition coefficient (Wildman–Crippen LogP) is 2.98. The lowest BCUT2D eigenvalue weighted by atomic mass is 10.1. The van der Waals surface area contributed by atoms with Crippen molar-refractivity contribution < 1.29 is 5.21 Å². The van der Waals surface area contributed by atoms with Gasteiger partial charge in [-0.15, -0.1) is 12.4 Å². The van der Waals surface area contributed by atoms with E-state index in [2.05, 4.69) is 10.1 Å². The van der Waals surface area contributed by atoms with E-state index in [1.165, 1.54) is 6.21 Å². The fraction of sp³-hybridized carbons (Fsp3) is 0. The molecule has 1 aromatic heterocycles. The van der Waals surface area contributed by atoms with Crippen molar-refractivity contribution in [2.45, 2.75) is 0 Å². The molecule has 4 heteroatoms. The van der Waals surface area contributed by atoms with Gasteiger partial charge in [0.1, 0.15) is 0 Å². The van der Waals surface area contributed by atoms with Crippen molar-refractivity contribution >= 4 is 18.6 Å². The van der Waals surface area contributed by atoms with Gasteiger partial charge < -0.3 is 5.21 Å². The zero-order valence-corrected chi connectivity index (χ0v) is 9.26. The molecule has 0 fully saturated rings. The molecule has 0 aliphatic carbocycles. The summed E-state index contributed by atoms with van der Waals surface area (Å²) in [4.78, 5) is 3.96. The Balaban J connectivity index is 0.00000128. The van der Waals surface area contributed by atoms with Crippen molar-refractivity contribution in [2.75, 3.05) is 0 Å². The molecule has 0 bridgehead atoms. The summed E-state index contributed by atoms with van der Waals surface area (Å²) in [6.45, 7) is 0. The maximum absolute atomic E-state index is 8.44. The first-order valence-corrected chi connectivity index (χ1v) is 4.58. The Bertz CT molecular complexity index is 471.